The molecule has 0 aromatic carbocycles. The van der Waals surface area contributed by atoms with Crippen LogP contribution in [0.3, 0.4) is 0 Å². The van der Waals surface area contributed by atoms with Crippen LogP contribution in [0, 0.1) is 0 Å². The Balaban J connectivity index is 3.71. The van der Waals surface area contributed by atoms with Crippen molar-refractivity contribution in [2.45, 2.75) is 19.8 Å². The molecule has 0 heterocycles. The van der Waals surface area contributed by atoms with Gasteiger partial charge < -0.3 is 14.2 Å². The Hall–Kier alpha value is -1.85. The Kier molecular flexibility index (Phi) is 7.48. The summed E-state index contributed by atoms with van der Waals surface area (Å²) in [6, 6.07) is 0. The van der Waals surface area contributed by atoms with Crippen molar-refractivity contribution in [3.63, 3.8) is 0 Å². The first-order chi connectivity index (χ1) is 7.60. The maximum Gasteiger partial charge on any atom is 0.321 e. The molecule has 16 heavy (non-hydrogen) atoms. The Morgan fingerprint density at radius 2 is 1.81 bits per heavy atom. The number of hydrogen-bond donors (Lipinski definition) is 0. The van der Waals surface area contributed by atoms with E-state index in [1.165, 1.54) is 13.2 Å². The van der Waals surface area contributed by atoms with E-state index in [1.54, 1.807) is 6.92 Å². The number of rotatable bonds is 6. The molecule has 0 radical (unpaired) electrons. The molecule has 0 amide bonds. The summed E-state index contributed by atoms with van der Waals surface area (Å²) >= 11 is 0. The molecule has 0 aliphatic carbocycles. The predicted molar refractivity (Wildman–Crippen MR) is 53.1 cm³/mol. The molecule has 0 unspecified atom stereocenters. The van der Waals surface area contributed by atoms with Crippen molar-refractivity contribution in [2.24, 2.45) is 0 Å². The Morgan fingerprint density at radius 1 is 1.12 bits per heavy atom. The van der Waals surface area contributed by atoms with E-state index < -0.39 is 24.3 Å². The van der Waals surface area contributed by atoms with Crippen LogP contribution in [-0.4, -0.2) is 31.6 Å². The van der Waals surface area contributed by atoms with Gasteiger partial charge in [0.25, 0.3) is 0 Å². The average Bonchev–Trinajstić information content (AvgIpc) is 2.24. The van der Waals surface area contributed by atoms with Crippen molar-refractivity contribution in [1.82, 2.24) is 0 Å². The largest absolute Gasteiger partial charge is 0.469 e. The van der Waals surface area contributed by atoms with Crippen LogP contribution >= 0.6 is 0 Å². The highest BCUT2D eigenvalue weighted by Gasteiger charge is 2.09. The minimum Gasteiger partial charge on any atom is -0.469 e. The molecule has 0 aliphatic rings. The van der Waals surface area contributed by atoms with E-state index in [-0.39, 0.29) is 6.42 Å². The fourth-order valence-electron chi connectivity index (χ4n) is 0.720. The smallest absolute Gasteiger partial charge is 0.321 e. The van der Waals surface area contributed by atoms with Crippen molar-refractivity contribution in [2.75, 3.05) is 13.7 Å². The second-order valence-electron chi connectivity index (χ2n) is 2.62. The van der Waals surface area contributed by atoms with Crippen LogP contribution in [0.5, 0.6) is 0 Å². The quantitative estimate of drug-likeness (QED) is 0.287. The summed E-state index contributed by atoms with van der Waals surface area (Å²) in [6.07, 6.45) is 1.93. The van der Waals surface area contributed by atoms with E-state index in [0.717, 1.165) is 6.26 Å². The molecule has 0 bridgehead atoms. The minimum absolute atomic E-state index is 0.0132. The molecule has 90 valence electrons. The molecule has 0 fully saturated rings. The lowest BCUT2D eigenvalue weighted by atomic mass is 10.4. The number of ether oxygens (including phenoxy) is 3. The zero-order chi connectivity index (χ0) is 12.4. The lowest BCUT2D eigenvalue weighted by Crippen LogP contribution is -2.10. The van der Waals surface area contributed by atoms with Crippen LogP contribution in [0.1, 0.15) is 19.8 Å². The van der Waals surface area contributed by atoms with Gasteiger partial charge in [0.05, 0.1) is 26.4 Å². The van der Waals surface area contributed by atoms with Gasteiger partial charge in [-0.3, -0.25) is 14.4 Å². The molecule has 6 heteroatoms. The topological polar surface area (TPSA) is 78.9 Å². The molecule has 0 N–H and O–H groups in total. The van der Waals surface area contributed by atoms with E-state index in [2.05, 4.69) is 14.2 Å². The van der Waals surface area contributed by atoms with Gasteiger partial charge in [-0.2, -0.15) is 0 Å². The van der Waals surface area contributed by atoms with Crippen molar-refractivity contribution in [1.29, 1.82) is 0 Å². The van der Waals surface area contributed by atoms with Gasteiger partial charge in [0.1, 0.15) is 6.42 Å². The molecule has 0 rings (SSSR count). The van der Waals surface area contributed by atoms with Crippen molar-refractivity contribution >= 4 is 17.9 Å². The van der Waals surface area contributed by atoms with Crippen LogP contribution in [0.15, 0.2) is 12.3 Å². The first kappa shape index (κ1) is 14.2. The van der Waals surface area contributed by atoms with Crippen LogP contribution in [-0.2, 0) is 28.6 Å². The van der Waals surface area contributed by atoms with Gasteiger partial charge in [0.2, 0.25) is 0 Å². The van der Waals surface area contributed by atoms with E-state index >= 15 is 0 Å². The highest BCUT2D eigenvalue weighted by molar-refractivity contribution is 5.91. The maximum absolute atomic E-state index is 10.9. The molecule has 0 saturated carbocycles. The molecule has 0 aromatic heterocycles. The summed E-state index contributed by atoms with van der Waals surface area (Å²) in [4.78, 5) is 32.3. The molecular formula is C10H14O6. The molecule has 0 spiro atoms. The summed E-state index contributed by atoms with van der Waals surface area (Å²) in [5.41, 5.74) is 0. The van der Waals surface area contributed by atoms with Gasteiger partial charge in [0.15, 0.2) is 0 Å². The van der Waals surface area contributed by atoms with Gasteiger partial charge in [-0.1, -0.05) is 0 Å². The van der Waals surface area contributed by atoms with Crippen LogP contribution in [0.2, 0.25) is 0 Å². The van der Waals surface area contributed by atoms with Crippen molar-refractivity contribution < 1.29 is 28.6 Å². The van der Waals surface area contributed by atoms with Crippen LogP contribution in [0.4, 0.5) is 0 Å². The monoisotopic (exact) mass is 230 g/mol. The second kappa shape index (κ2) is 8.46. The van der Waals surface area contributed by atoms with Gasteiger partial charge in [0, 0.05) is 0 Å². The molecule has 0 aromatic rings. The predicted octanol–water partition coefficient (Wildman–Crippen LogP) is 0.560. The Bertz CT molecular complexity index is 281. The summed E-state index contributed by atoms with van der Waals surface area (Å²) in [5.74, 6) is -1.83. The molecule has 0 saturated heterocycles. The normalized spacial score (nSPS) is 9.88. The second-order valence-corrected chi connectivity index (χ2v) is 2.62. The summed E-state index contributed by atoms with van der Waals surface area (Å²) in [6.45, 7) is 1.99. The van der Waals surface area contributed by atoms with E-state index in [0.29, 0.717) is 6.61 Å². The van der Waals surface area contributed by atoms with Crippen molar-refractivity contribution in [3.05, 3.63) is 12.3 Å². The zero-order valence-corrected chi connectivity index (χ0v) is 9.23. The molecule has 6 nitrogen and oxygen atoms in total. The summed E-state index contributed by atoms with van der Waals surface area (Å²) in [7, 11) is 1.17. The average molecular weight is 230 g/mol. The third kappa shape index (κ3) is 7.54. The van der Waals surface area contributed by atoms with Crippen LogP contribution < -0.4 is 0 Å². The van der Waals surface area contributed by atoms with Gasteiger partial charge >= 0.3 is 17.9 Å². The highest BCUT2D eigenvalue weighted by atomic mass is 16.5. The first-order valence-corrected chi connectivity index (χ1v) is 4.67. The van der Waals surface area contributed by atoms with E-state index in [1.807, 2.05) is 0 Å². The lowest BCUT2D eigenvalue weighted by Gasteiger charge is -1.98. The summed E-state index contributed by atoms with van der Waals surface area (Å²) in [5, 5.41) is 0. The fourth-order valence-corrected chi connectivity index (χ4v) is 0.720. The number of esters is 3. The van der Waals surface area contributed by atoms with Crippen molar-refractivity contribution in [3.8, 4) is 0 Å². The van der Waals surface area contributed by atoms with Gasteiger partial charge in [-0.15, -0.1) is 0 Å². The number of hydrogen-bond acceptors (Lipinski definition) is 6. The SMILES string of the molecule is CCOC(=O)CC=COC(=O)CC(=O)OC. The molecule has 0 atom stereocenters. The zero-order valence-electron chi connectivity index (χ0n) is 9.23. The number of carbonyl (C=O) groups is 3. The first-order valence-electron chi connectivity index (χ1n) is 4.67. The van der Waals surface area contributed by atoms with Crippen LogP contribution in [0.25, 0.3) is 0 Å². The molecule has 0 aliphatic heterocycles. The Labute approximate surface area is 93.2 Å². The maximum atomic E-state index is 10.9. The number of methoxy groups -OCH3 is 1. The summed E-state index contributed by atoms with van der Waals surface area (Å²) < 4.78 is 13.4. The minimum atomic E-state index is -0.744. The fraction of sp³-hybridized carbons (Fsp3) is 0.500. The highest BCUT2D eigenvalue weighted by Crippen LogP contribution is 1.93. The molecular weight excluding hydrogens is 216 g/mol. The van der Waals surface area contributed by atoms with Gasteiger partial charge in [-0.25, -0.2) is 0 Å². The Morgan fingerprint density at radius 3 is 2.38 bits per heavy atom. The lowest BCUT2D eigenvalue weighted by molar-refractivity contribution is -0.150. The third-order valence-corrected chi connectivity index (χ3v) is 1.40. The third-order valence-electron chi connectivity index (χ3n) is 1.40. The standard InChI is InChI=1S/C10H14O6/c1-3-15-8(11)5-4-6-16-10(13)7-9(12)14-2/h4,6H,3,5,7H2,1-2H3. The van der Waals surface area contributed by atoms with Gasteiger partial charge in [-0.05, 0) is 13.0 Å². The number of carbonyl (C=O) groups excluding carboxylic acids is 3. The van der Waals surface area contributed by atoms with E-state index in [4.69, 9.17) is 0 Å². The van der Waals surface area contributed by atoms with E-state index in [9.17, 15) is 14.4 Å².